The summed E-state index contributed by atoms with van der Waals surface area (Å²) in [6.07, 6.45) is 11.0. The zero-order chi connectivity index (χ0) is 20.9. The minimum absolute atomic E-state index is 0.301. The van der Waals surface area contributed by atoms with Crippen molar-refractivity contribution in [2.45, 2.75) is 57.8 Å². The van der Waals surface area contributed by atoms with Crippen LogP contribution in [0.4, 0.5) is 0 Å². The van der Waals surface area contributed by atoms with Gasteiger partial charge < -0.3 is 18.9 Å². The van der Waals surface area contributed by atoms with Gasteiger partial charge in [0, 0.05) is 0 Å². The first kappa shape index (κ1) is 23.3. The zero-order valence-electron chi connectivity index (χ0n) is 17.5. The van der Waals surface area contributed by atoms with E-state index in [1.54, 1.807) is 0 Å². The summed E-state index contributed by atoms with van der Waals surface area (Å²) in [5.74, 6) is 0.874. The van der Waals surface area contributed by atoms with Crippen molar-refractivity contribution < 1.29 is 28.5 Å². The van der Waals surface area contributed by atoms with Gasteiger partial charge in [-0.1, -0.05) is 13.2 Å². The van der Waals surface area contributed by atoms with Crippen LogP contribution in [0.1, 0.15) is 57.8 Å². The second kappa shape index (κ2) is 13.3. The van der Waals surface area contributed by atoms with E-state index in [0.717, 1.165) is 51.4 Å². The lowest BCUT2D eigenvalue weighted by atomic mass is 9.83. The predicted octanol–water partition coefficient (Wildman–Crippen LogP) is 4.40. The molecular formula is C23H36O6. The summed E-state index contributed by atoms with van der Waals surface area (Å²) in [6.45, 7) is 9.32. The van der Waals surface area contributed by atoms with Crippen molar-refractivity contribution in [3.05, 3.63) is 25.7 Å². The number of hydrogen-bond acceptors (Lipinski definition) is 6. The minimum atomic E-state index is -0.489. The molecule has 0 radical (unpaired) electrons. The second-order valence-electron chi connectivity index (χ2n) is 8.32. The number of rotatable bonds is 12. The van der Waals surface area contributed by atoms with Crippen LogP contribution in [0.3, 0.4) is 0 Å². The molecule has 0 saturated heterocycles. The number of hydrogen-bond donors (Lipinski definition) is 0. The molecule has 0 N–H and O–H groups in total. The molecule has 0 aromatic heterocycles. The highest BCUT2D eigenvalue weighted by atomic mass is 16.6. The molecule has 2 rings (SSSR count). The topological polar surface area (TPSA) is 71.1 Å². The Kier molecular flexibility index (Phi) is 10.7. The van der Waals surface area contributed by atoms with Gasteiger partial charge in [0.2, 0.25) is 0 Å². The van der Waals surface area contributed by atoms with E-state index < -0.39 is 11.9 Å². The molecule has 164 valence electrons. The lowest BCUT2D eigenvalue weighted by Gasteiger charge is -2.28. The molecule has 0 amide bonds. The van der Waals surface area contributed by atoms with Gasteiger partial charge >= 0.3 is 11.9 Å². The lowest BCUT2D eigenvalue weighted by molar-refractivity contribution is -0.156. The molecule has 0 aromatic carbocycles. The van der Waals surface area contributed by atoms with Crippen molar-refractivity contribution in [3.8, 4) is 0 Å². The quantitative estimate of drug-likeness (QED) is 0.271. The van der Waals surface area contributed by atoms with Crippen LogP contribution in [-0.4, -0.2) is 38.4 Å². The van der Waals surface area contributed by atoms with E-state index in [2.05, 4.69) is 13.2 Å². The van der Waals surface area contributed by atoms with E-state index in [1.165, 1.54) is 12.5 Å². The zero-order valence-corrected chi connectivity index (χ0v) is 17.5. The molecule has 2 aliphatic rings. The third kappa shape index (κ3) is 9.37. The van der Waals surface area contributed by atoms with Crippen LogP contribution in [0, 0.1) is 23.7 Å². The molecule has 0 atom stereocenters. The van der Waals surface area contributed by atoms with Gasteiger partial charge in [-0.2, -0.15) is 0 Å². The highest BCUT2D eigenvalue weighted by Gasteiger charge is 2.25. The number of carbonyl (C=O) groups is 2. The molecule has 6 heteroatoms. The van der Waals surface area contributed by atoms with Gasteiger partial charge in [0.25, 0.3) is 0 Å². The maximum Gasteiger partial charge on any atom is 0.317 e. The van der Waals surface area contributed by atoms with Crippen molar-refractivity contribution in [2.75, 3.05) is 26.4 Å². The van der Waals surface area contributed by atoms with Crippen LogP contribution in [0.5, 0.6) is 0 Å². The predicted molar refractivity (Wildman–Crippen MR) is 110 cm³/mol. The lowest BCUT2D eigenvalue weighted by Crippen LogP contribution is -2.25. The molecule has 29 heavy (non-hydrogen) atoms. The average Bonchev–Trinajstić information content (AvgIpc) is 2.74. The van der Waals surface area contributed by atoms with Crippen LogP contribution in [-0.2, 0) is 28.5 Å². The van der Waals surface area contributed by atoms with Gasteiger partial charge in [-0.3, -0.25) is 9.59 Å². The summed E-state index contributed by atoms with van der Waals surface area (Å²) < 4.78 is 21.1. The first-order valence-electron chi connectivity index (χ1n) is 10.9. The van der Waals surface area contributed by atoms with Crippen LogP contribution < -0.4 is 0 Å². The second-order valence-corrected chi connectivity index (χ2v) is 8.32. The van der Waals surface area contributed by atoms with Crippen molar-refractivity contribution in [3.63, 3.8) is 0 Å². The molecule has 2 aliphatic carbocycles. The van der Waals surface area contributed by atoms with Crippen molar-refractivity contribution in [2.24, 2.45) is 23.7 Å². The normalized spacial score (nSPS) is 26.8. The molecular weight excluding hydrogens is 372 g/mol. The Morgan fingerprint density at radius 3 is 1.24 bits per heavy atom. The molecule has 2 saturated carbocycles. The molecule has 0 bridgehead atoms. The number of ether oxygens (including phenoxy) is 4. The molecule has 0 unspecified atom stereocenters. The maximum absolute atomic E-state index is 11.9. The van der Waals surface area contributed by atoms with Crippen molar-refractivity contribution in [1.29, 1.82) is 0 Å². The minimum Gasteiger partial charge on any atom is -0.502 e. The van der Waals surface area contributed by atoms with Gasteiger partial charge in [-0.05, 0) is 75.0 Å². The monoisotopic (exact) mass is 408 g/mol. The van der Waals surface area contributed by atoms with Crippen LogP contribution in [0.2, 0.25) is 0 Å². The van der Waals surface area contributed by atoms with E-state index in [1.807, 2.05) is 0 Å². The highest BCUT2D eigenvalue weighted by molar-refractivity contribution is 5.91. The fourth-order valence-electron chi connectivity index (χ4n) is 4.18. The SMILES string of the molecule is C=COCC1CCC(COC(=O)CC(=O)OCC2CCC(COC=C)CC2)CC1. The number of esters is 2. The smallest absolute Gasteiger partial charge is 0.317 e. The first-order chi connectivity index (χ1) is 14.1. The Morgan fingerprint density at radius 2 is 0.931 bits per heavy atom. The standard InChI is InChI=1S/C23H36O6/c1-3-26-14-18-5-9-20(10-6-18)16-28-22(24)13-23(25)29-17-21-11-7-19(8-12-21)15-27-4-2/h3-4,18-21H,1-2,5-17H2. The molecule has 0 heterocycles. The Labute approximate surface area is 174 Å². The van der Waals surface area contributed by atoms with E-state index in [4.69, 9.17) is 18.9 Å². The van der Waals surface area contributed by atoms with Gasteiger partial charge in [0.15, 0.2) is 0 Å². The summed E-state index contributed by atoms with van der Waals surface area (Å²) in [5, 5.41) is 0. The summed E-state index contributed by atoms with van der Waals surface area (Å²) in [4.78, 5) is 23.8. The van der Waals surface area contributed by atoms with Gasteiger partial charge in [0.05, 0.1) is 39.0 Å². The molecule has 6 nitrogen and oxygen atoms in total. The highest BCUT2D eigenvalue weighted by Crippen LogP contribution is 2.30. The van der Waals surface area contributed by atoms with Crippen LogP contribution in [0.15, 0.2) is 25.7 Å². The molecule has 0 spiro atoms. The molecule has 2 fully saturated rings. The van der Waals surface area contributed by atoms with E-state index in [0.29, 0.717) is 50.1 Å². The van der Waals surface area contributed by atoms with Gasteiger partial charge in [-0.15, -0.1) is 0 Å². The van der Waals surface area contributed by atoms with Crippen molar-refractivity contribution in [1.82, 2.24) is 0 Å². The Balaban J connectivity index is 1.52. The Hall–Kier alpha value is -1.98. The van der Waals surface area contributed by atoms with E-state index >= 15 is 0 Å². The van der Waals surface area contributed by atoms with Crippen molar-refractivity contribution >= 4 is 11.9 Å². The van der Waals surface area contributed by atoms with E-state index in [9.17, 15) is 9.59 Å². The van der Waals surface area contributed by atoms with Gasteiger partial charge in [0.1, 0.15) is 6.42 Å². The molecule has 0 aromatic rings. The fourth-order valence-corrected chi connectivity index (χ4v) is 4.18. The maximum atomic E-state index is 11.9. The first-order valence-corrected chi connectivity index (χ1v) is 10.9. The average molecular weight is 409 g/mol. The summed E-state index contributed by atoms with van der Waals surface area (Å²) in [5.41, 5.74) is 0. The van der Waals surface area contributed by atoms with Gasteiger partial charge in [-0.25, -0.2) is 0 Å². The fraction of sp³-hybridized carbons (Fsp3) is 0.739. The van der Waals surface area contributed by atoms with Crippen LogP contribution >= 0.6 is 0 Å². The third-order valence-corrected chi connectivity index (χ3v) is 6.08. The van der Waals surface area contributed by atoms with E-state index in [-0.39, 0.29) is 6.42 Å². The Bertz CT molecular complexity index is 469. The molecule has 0 aliphatic heterocycles. The summed E-state index contributed by atoms with van der Waals surface area (Å²) in [6, 6.07) is 0. The number of carbonyl (C=O) groups excluding carboxylic acids is 2. The third-order valence-electron chi connectivity index (χ3n) is 6.08. The largest absolute Gasteiger partial charge is 0.502 e. The summed E-state index contributed by atoms with van der Waals surface area (Å²) in [7, 11) is 0. The Morgan fingerprint density at radius 1 is 0.621 bits per heavy atom. The van der Waals surface area contributed by atoms with Crippen LogP contribution in [0.25, 0.3) is 0 Å². The summed E-state index contributed by atoms with van der Waals surface area (Å²) >= 11 is 0.